The minimum absolute atomic E-state index is 0.0429. The van der Waals surface area contributed by atoms with E-state index in [1.165, 1.54) is 12.1 Å². The summed E-state index contributed by atoms with van der Waals surface area (Å²) in [6.07, 6.45) is 0. The number of rotatable bonds is 4. The van der Waals surface area contributed by atoms with Crippen LogP contribution in [0.5, 0.6) is 0 Å². The van der Waals surface area contributed by atoms with Gasteiger partial charge in [0, 0.05) is 12.4 Å². The summed E-state index contributed by atoms with van der Waals surface area (Å²) < 4.78 is 22.7. The molecule has 0 fully saturated rings. The zero-order valence-electron chi connectivity index (χ0n) is 15.1. The van der Waals surface area contributed by atoms with Crippen LogP contribution in [0.4, 0.5) is 10.5 Å². The van der Waals surface area contributed by atoms with Crippen molar-refractivity contribution in [2.45, 2.75) is 17.9 Å². The van der Waals surface area contributed by atoms with Gasteiger partial charge in [-0.1, -0.05) is 48.5 Å². The molecule has 0 spiro atoms. The number of amides is 2. The van der Waals surface area contributed by atoms with Gasteiger partial charge in [-0.05, 0) is 36.1 Å². The van der Waals surface area contributed by atoms with Crippen molar-refractivity contribution in [2.75, 3.05) is 12.4 Å². The van der Waals surface area contributed by atoms with Gasteiger partial charge in [-0.25, -0.2) is 18.4 Å². The molecule has 0 aromatic heterocycles. The molecule has 27 heavy (non-hydrogen) atoms. The number of primary sulfonamides is 1. The normalized spacial score (nSPS) is 12.6. The van der Waals surface area contributed by atoms with Gasteiger partial charge in [0.2, 0.25) is 10.0 Å². The Bertz CT molecular complexity index is 1070. The molecule has 140 valence electrons. The van der Waals surface area contributed by atoms with Gasteiger partial charge < -0.3 is 10.2 Å². The summed E-state index contributed by atoms with van der Waals surface area (Å²) in [5.74, 6) is 0. The van der Waals surface area contributed by atoms with Crippen molar-refractivity contribution in [1.29, 1.82) is 0 Å². The van der Waals surface area contributed by atoms with Gasteiger partial charge in [0.15, 0.2) is 0 Å². The Morgan fingerprint density at radius 1 is 1.00 bits per heavy atom. The molecular formula is C20H21N3O3S. The Hall–Kier alpha value is -2.90. The van der Waals surface area contributed by atoms with Gasteiger partial charge in [-0.15, -0.1) is 0 Å². The van der Waals surface area contributed by atoms with Gasteiger partial charge >= 0.3 is 6.03 Å². The average molecular weight is 383 g/mol. The quantitative estimate of drug-likeness (QED) is 0.719. The first-order valence-electron chi connectivity index (χ1n) is 8.42. The zero-order valence-corrected chi connectivity index (χ0v) is 15.9. The van der Waals surface area contributed by atoms with Crippen LogP contribution in [0.1, 0.15) is 18.5 Å². The maximum atomic E-state index is 12.7. The van der Waals surface area contributed by atoms with Crippen LogP contribution in [0, 0.1) is 0 Å². The SMILES string of the molecule is C[C@H](c1ccc(S(N)(=O)=O)cc1)N(C)C(=O)Nc1cccc2ccccc12. The highest BCUT2D eigenvalue weighted by atomic mass is 32.2. The van der Waals surface area contributed by atoms with E-state index in [2.05, 4.69) is 5.32 Å². The maximum absolute atomic E-state index is 12.7. The molecule has 3 rings (SSSR count). The second-order valence-electron chi connectivity index (χ2n) is 6.36. The number of nitrogens with zero attached hydrogens (tertiary/aromatic N) is 1. The first kappa shape index (κ1) is 18.9. The maximum Gasteiger partial charge on any atom is 0.322 e. The third-order valence-electron chi connectivity index (χ3n) is 4.62. The smallest absolute Gasteiger partial charge is 0.321 e. The fourth-order valence-electron chi connectivity index (χ4n) is 2.87. The third-order valence-corrected chi connectivity index (χ3v) is 5.55. The zero-order chi connectivity index (χ0) is 19.6. The van der Waals surface area contributed by atoms with Gasteiger partial charge in [-0.2, -0.15) is 0 Å². The van der Waals surface area contributed by atoms with Crippen molar-refractivity contribution in [3.05, 3.63) is 72.3 Å². The molecule has 3 aromatic carbocycles. The highest BCUT2D eigenvalue weighted by molar-refractivity contribution is 7.89. The van der Waals surface area contributed by atoms with Crippen molar-refractivity contribution in [3.63, 3.8) is 0 Å². The van der Waals surface area contributed by atoms with Gasteiger partial charge in [0.1, 0.15) is 0 Å². The van der Waals surface area contributed by atoms with Gasteiger partial charge in [-0.3, -0.25) is 0 Å². The van der Waals surface area contributed by atoms with E-state index in [4.69, 9.17) is 5.14 Å². The van der Waals surface area contributed by atoms with Crippen molar-refractivity contribution >= 4 is 32.5 Å². The number of anilines is 1. The Balaban J connectivity index is 1.78. The highest BCUT2D eigenvalue weighted by Crippen LogP contribution is 2.25. The van der Waals surface area contributed by atoms with Crippen LogP contribution in [0.15, 0.2) is 71.6 Å². The van der Waals surface area contributed by atoms with Gasteiger partial charge in [0.25, 0.3) is 0 Å². The average Bonchev–Trinajstić information content (AvgIpc) is 2.66. The lowest BCUT2D eigenvalue weighted by molar-refractivity contribution is 0.208. The van der Waals surface area contributed by atoms with Crippen LogP contribution in [0.3, 0.4) is 0 Å². The largest absolute Gasteiger partial charge is 0.322 e. The van der Waals surface area contributed by atoms with E-state index in [0.29, 0.717) is 0 Å². The summed E-state index contributed by atoms with van der Waals surface area (Å²) in [5, 5.41) is 10.1. The lowest BCUT2D eigenvalue weighted by atomic mass is 10.1. The van der Waals surface area contributed by atoms with Crippen LogP contribution in [-0.2, 0) is 10.0 Å². The van der Waals surface area contributed by atoms with E-state index < -0.39 is 10.0 Å². The second kappa shape index (κ2) is 7.38. The molecular weight excluding hydrogens is 362 g/mol. The summed E-state index contributed by atoms with van der Waals surface area (Å²) in [6, 6.07) is 19.3. The first-order chi connectivity index (χ1) is 12.8. The van der Waals surface area contributed by atoms with Crippen molar-refractivity contribution < 1.29 is 13.2 Å². The number of hydrogen-bond donors (Lipinski definition) is 2. The number of nitrogens with one attached hydrogen (secondary N) is 1. The molecule has 0 saturated heterocycles. The Labute approximate surface area is 158 Å². The standard InChI is InChI=1S/C20H21N3O3S/c1-14(15-10-12-17(13-11-15)27(21,25)26)23(2)20(24)22-19-9-5-7-16-6-3-4-8-18(16)19/h3-14H,1-2H3,(H,22,24)(H2,21,25,26)/t14-/m1/s1. The Kier molecular flexibility index (Phi) is 5.16. The number of benzene rings is 3. The molecule has 7 heteroatoms. The molecule has 0 unspecified atom stereocenters. The molecule has 1 atom stereocenters. The molecule has 0 heterocycles. The fraction of sp³-hybridized carbons (Fsp3) is 0.150. The van der Waals surface area contributed by atoms with Crippen LogP contribution in [0.25, 0.3) is 10.8 Å². The van der Waals surface area contributed by atoms with Crippen LogP contribution < -0.4 is 10.5 Å². The summed E-state index contributed by atoms with van der Waals surface area (Å²) in [6.45, 7) is 1.87. The molecule has 3 N–H and O–H groups in total. The molecule has 0 bridgehead atoms. The number of sulfonamides is 1. The van der Waals surface area contributed by atoms with Crippen LogP contribution in [0.2, 0.25) is 0 Å². The van der Waals surface area contributed by atoms with E-state index in [1.54, 1.807) is 24.1 Å². The highest BCUT2D eigenvalue weighted by Gasteiger charge is 2.19. The number of hydrogen-bond acceptors (Lipinski definition) is 3. The second-order valence-corrected chi connectivity index (χ2v) is 7.92. The number of carbonyl (C=O) groups excluding carboxylic acids is 1. The van der Waals surface area contributed by atoms with E-state index in [1.807, 2.05) is 49.4 Å². The molecule has 3 aromatic rings. The van der Waals surface area contributed by atoms with E-state index >= 15 is 0 Å². The topological polar surface area (TPSA) is 92.5 Å². The Morgan fingerprint density at radius 3 is 2.30 bits per heavy atom. The summed E-state index contributed by atoms with van der Waals surface area (Å²) in [5.41, 5.74) is 1.54. The predicted octanol–water partition coefficient (Wildman–Crippen LogP) is 3.71. The minimum Gasteiger partial charge on any atom is -0.321 e. The lowest BCUT2D eigenvalue weighted by Crippen LogP contribution is -2.33. The molecule has 6 nitrogen and oxygen atoms in total. The number of fused-ring (bicyclic) bond motifs is 1. The van der Waals surface area contributed by atoms with Crippen molar-refractivity contribution in [2.24, 2.45) is 5.14 Å². The first-order valence-corrected chi connectivity index (χ1v) is 9.96. The number of carbonyl (C=O) groups is 1. The molecule has 2 amide bonds. The lowest BCUT2D eigenvalue weighted by Gasteiger charge is -2.26. The monoisotopic (exact) mass is 383 g/mol. The van der Waals surface area contributed by atoms with Crippen LogP contribution in [-0.4, -0.2) is 26.4 Å². The predicted molar refractivity (Wildman–Crippen MR) is 107 cm³/mol. The molecule has 0 aliphatic heterocycles. The summed E-state index contributed by atoms with van der Waals surface area (Å²) >= 11 is 0. The van der Waals surface area contributed by atoms with E-state index in [9.17, 15) is 13.2 Å². The molecule has 0 aliphatic carbocycles. The summed E-state index contributed by atoms with van der Waals surface area (Å²) in [4.78, 5) is 14.3. The Morgan fingerprint density at radius 2 is 1.63 bits per heavy atom. The third kappa shape index (κ3) is 4.10. The molecule has 0 radical (unpaired) electrons. The fourth-order valence-corrected chi connectivity index (χ4v) is 3.39. The van der Waals surface area contributed by atoms with Crippen molar-refractivity contribution in [1.82, 2.24) is 4.90 Å². The van der Waals surface area contributed by atoms with E-state index in [0.717, 1.165) is 22.0 Å². The number of urea groups is 1. The van der Waals surface area contributed by atoms with Crippen molar-refractivity contribution in [3.8, 4) is 0 Å². The van der Waals surface area contributed by atoms with Crippen LogP contribution >= 0.6 is 0 Å². The minimum atomic E-state index is -3.74. The summed E-state index contributed by atoms with van der Waals surface area (Å²) in [7, 11) is -2.04. The van der Waals surface area contributed by atoms with Gasteiger partial charge in [0.05, 0.1) is 16.6 Å². The van der Waals surface area contributed by atoms with E-state index in [-0.39, 0.29) is 17.0 Å². The number of nitrogens with two attached hydrogens (primary N) is 1. The molecule has 0 saturated carbocycles. The molecule has 0 aliphatic rings.